The maximum absolute atomic E-state index is 13.3. The number of rotatable bonds is 18. The van der Waals surface area contributed by atoms with E-state index in [-0.39, 0.29) is 5.75 Å². The van der Waals surface area contributed by atoms with E-state index in [1.807, 2.05) is 12.1 Å². The van der Waals surface area contributed by atoms with Crippen LogP contribution in [0, 0.1) is 5.82 Å². The molecule has 0 aliphatic carbocycles. The van der Waals surface area contributed by atoms with Gasteiger partial charge in [-0.15, -0.1) is 0 Å². The van der Waals surface area contributed by atoms with Crippen molar-refractivity contribution in [3.05, 3.63) is 72.6 Å². The Morgan fingerprint density at radius 3 is 2.02 bits per heavy atom. The summed E-state index contributed by atoms with van der Waals surface area (Å²) in [6.45, 7) is 2.77. The van der Waals surface area contributed by atoms with Gasteiger partial charge in [-0.05, 0) is 30.2 Å². The number of amides is 1. The summed E-state index contributed by atoms with van der Waals surface area (Å²) in [5.41, 5.74) is 7.29. The Labute approximate surface area is 253 Å². The number of nitrogens with zero attached hydrogens (tertiary/aromatic N) is 3. The second kappa shape index (κ2) is 20.9. The molecule has 1 aromatic heterocycles. The standard InChI is InChI=1S/C20H32Cl2FNO2.C11H9N3O/c1-2-3-4-5-6-7-8-9-10-11-12-13-16-25-20-17-18(23)14-15-19(20)26-24(21)22;12-11(15)10-4-2-1-3-9(10)8-5-13-7-14-6-8/h14-15,17H,2-13,16H2,1H3;1-7H,(H2,12,15). The molecule has 41 heavy (non-hydrogen) atoms. The molecule has 2 N–H and O–H groups in total. The normalized spacial score (nSPS) is 10.7. The van der Waals surface area contributed by atoms with Crippen LogP contribution in [0.1, 0.15) is 94.3 Å². The van der Waals surface area contributed by atoms with Gasteiger partial charge in [-0.3, -0.25) is 4.79 Å². The first-order valence-corrected chi connectivity index (χ1v) is 15.0. The first kappa shape index (κ1) is 34.3. The maximum atomic E-state index is 13.3. The zero-order valence-electron chi connectivity index (χ0n) is 23.7. The molecule has 3 aromatic rings. The van der Waals surface area contributed by atoms with Gasteiger partial charge in [0, 0.05) is 57.2 Å². The smallest absolute Gasteiger partial charge is 0.249 e. The number of hydrogen-bond donors (Lipinski definition) is 1. The number of aromatic nitrogens is 2. The number of benzene rings is 2. The van der Waals surface area contributed by atoms with Crippen LogP contribution in [0.4, 0.5) is 4.39 Å². The molecule has 0 saturated heterocycles. The first-order chi connectivity index (χ1) is 19.9. The van der Waals surface area contributed by atoms with Crippen LogP contribution in [0.15, 0.2) is 61.2 Å². The van der Waals surface area contributed by atoms with E-state index in [4.69, 9.17) is 38.9 Å². The van der Waals surface area contributed by atoms with Crippen LogP contribution in [0.25, 0.3) is 11.1 Å². The number of ether oxygens (including phenoxy) is 1. The van der Waals surface area contributed by atoms with E-state index in [2.05, 4.69) is 16.9 Å². The number of unbranched alkanes of at least 4 members (excludes halogenated alkanes) is 11. The highest BCUT2D eigenvalue weighted by molar-refractivity contribution is 6.32. The number of hydrogen-bond acceptors (Lipinski definition) is 6. The zero-order chi connectivity index (χ0) is 29.7. The van der Waals surface area contributed by atoms with Gasteiger partial charge in [0.2, 0.25) is 5.91 Å². The Hall–Kier alpha value is -2.94. The number of nitrogens with two attached hydrogens (primary N) is 1. The van der Waals surface area contributed by atoms with Gasteiger partial charge in [0.25, 0.3) is 0 Å². The highest BCUT2D eigenvalue weighted by atomic mass is 35.5. The Kier molecular flexibility index (Phi) is 17.4. The summed E-state index contributed by atoms with van der Waals surface area (Å²) in [6.07, 6.45) is 20.1. The molecule has 10 heteroatoms. The topological polar surface area (TPSA) is 90.6 Å². The molecule has 0 saturated carbocycles. The summed E-state index contributed by atoms with van der Waals surface area (Å²) < 4.78 is 19.5. The Morgan fingerprint density at radius 1 is 0.854 bits per heavy atom. The van der Waals surface area contributed by atoms with Crippen LogP contribution in [0.3, 0.4) is 0 Å². The molecular weight excluding hydrogens is 566 g/mol. The molecule has 0 atom stereocenters. The lowest BCUT2D eigenvalue weighted by atomic mass is 10.0. The van der Waals surface area contributed by atoms with E-state index in [1.54, 1.807) is 24.5 Å². The van der Waals surface area contributed by atoms with Crippen molar-refractivity contribution in [1.82, 2.24) is 14.1 Å². The lowest BCUT2D eigenvalue weighted by molar-refractivity contribution is 0.100. The maximum Gasteiger partial charge on any atom is 0.249 e. The highest BCUT2D eigenvalue weighted by Crippen LogP contribution is 2.30. The summed E-state index contributed by atoms with van der Waals surface area (Å²) in [4.78, 5) is 24.0. The largest absolute Gasteiger partial charge is 0.489 e. The molecule has 7 nitrogen and oxygen atoms in total. The van der Waals surface area contributed by atoms with Gasteiger partial charge in [0.15, 0.2) is 11.5 Å². The second-order valence-corrected chi connectivity index (χ2v) is 10.4. The van der Waals surface area contributed by atoms with Crippen molar-refractivity contribution >= 4 is 29.5 Å². The monoisotopic (exact) mass is 606 g/mol. The predicted octanol–water partition coefficient (Wildman–Crippen LogP) is 9.05. The molecule has 0 spiro atoms. The van der Waals surface area contributed by atoms with E-state index in [1.165, 1.54) is 88.7 Å². The van der Waals surface area contributed by atoms with E-state index in [0.29, 0.717) is 22.0 Å². The van der Waals surface area contributed by atoms with Crippen LogP contribution >= 0.6 is 23.6 Å². The summed E-state index contributed by atoms with van der Waals surface area (Å²) in [7, 11) is 0. The van der Waals surface area contributed by atoms with Crippen LogP contribution in [-0.2, 0) is 0 Å². The van der Waals surface area contributed by atoms with Crippen LogP contribution in [-0.4, -0.2) is 26.6 Å². The molecular formula is C31H41Cl2FN4O3. The average Bonchev–Trinajstić information content (AvgIpc) is 2.97. The lowest BCUT2D eigenvalue weighted by Crippen LogP contribution is -2.12. The van der Waals surface area contributed by atoms with Crippen molar-refractivity contribution in [2.45, 2.75) is 84.0 Å². The summed E-state index contributed by atoms with van der Waals surface area (Å²) in [6, 6.07) is 11.1. The quantitative estimate of drug-likeness (QED) is 0.0882. The van der Waals surface area contributed by atoms with E-state index in [0.717, 1.165) is 24.0 Å². The fraction of sp³-hybridized carbons (Fsp3) is 0.452. The third kappa shape index (κ3) is 14.5. The van der Waals surface area contributed by atoms with E-state index in [9.17, 15) is 9.18 Å². The number of primary amides is 1. The minimum atomic E-state index is -0.450. The Balaban J connectivity index is 0.000000329. The number of carbonyl (C=O) groups is 1. The molecule has 1 amide bonds. The average molecular weight is 608 g/mol. The van der Waals surface area contributed by atoms with Gasteiger partial charge in [-0.1, -0.05) is 95.8 Å². The summed E-state index contributed by atoms with van der Waals surface area (Å²) in [5.74, 6) is -0.248. The van der Waals surface area contributed by atoms with Gasteiger partial charge in [-0.2, -0.15) is 0 Å². The minimum absolute atomic E-state index is 0.287. The fourth-order valence-corrected chi connectivity index (χ4v) is 4.41. The molecule has 0 aliphatic rings. The van der Waals surface area contributed by atoms with Crippen molar-refractivity contribution in [1.29, 1.82) is 0 Å². The van der Waals surface area contributed by atoms with Crippen molar-refractivity contribution in [3.63, 3.8) is 0 Å². The van der Waals surface area contributed by atoms with Crippen molar-refractivity contribution in [2.75, 3.05) is 6.61 Å². The molecule has 2 aromatic carbocycles. The molecule has 0 aliphatic heterocycles. The second-order valence-electron chi connectivity index (χ2n) is 9.66. The van der Waals surface area contributed by atoms with Crippen LogP contribution in [0.2, 0.25) is 0 Å². The van der Waals surface area contributed by atoms with Gasteiger partial charge in [-0.25, -0.2) is 14.4 Å². The molecule has 0 bridgehead atoms. The number of carbonyl (C=O) groups excluding carboxylic acids is 1. The Morgan fingerprint density at radius 2 is 1.44 bits per heavy atom. The fourth-order valence-electron chi connectivity index (χ4n) is 4.26. The first-order valence-electron chi connectivity index (χ1n) is 14.3. The van der Waals surface area contributed by atoms with Gasteiger partial charge >= 0.3 is 0 Å². The zero-order valence-corrected chi connectivity index (χ0v) is 25.3. The molecule has 224 valence electrons. The Bertz CT molecular complexity index is 1140. The van der Waals surface area contributed by atoms with Crippen molar-refractivity contribution in [2.24, 2.45) is 5.73 Å². The minimum Gasteiger partial charge on any atom is -0.489 e. The summed E-state index contributed by atoms with van der Waals surface area (Å²) >= 11 is 10.9. The van der Waals surface area contributed by atoms with Crippen molar-refractivity contribution in [3.8, 4) is 22.6 Å². The summed E-state index contributed by atoms with van der Waals surface area (Å²) in [5, 5.41) is 0. The van der Waals surface area contributed by atoms with Crippen molar-refractivity contribution < 1.29 is 18.8 Å². The SMILES string of the molecule is CCCCCCCCCCCCCCOc1cc(F)ccc1ON(Cl)Cl.NC(=O)c1ccccc1-c1cncnc1. The predicted molar refractivity (Wildman–Crippen MR) is 163 cm³/mol. The van der Waals surface area contributed by atoms with Gasteiger partial charge < -0.3 is 15.3 Å². The highest BCUT2D eigenvalue weighted by Gasteiger charge is 2.10. The van der Waals surface area contributed by atoms with Gasteiger partial charge in [0.05, 0.1) is 6.61 Å². The molecule has 0 unspecified atom stereocenters. The van der Waals surface area contributed by atoms with Crippen LogP contribution in [0.5, 0.6) is 11.5 Å². The lowest BCUT2D eigenvalue weighted by Gasteiger charge is -2.12. The third-order valence-electron chi connectivity index (χ3n) is 6.39. The van der Waals surface area contributed by atoms with Gasteiger partial charge in [0.1, 0.15) is 12.1 Å². The molecule has 0 radical (unpaired) electrons. The molecule has 0 fully saturated rings. The van der Waals surface area contributed by atoms with Crippen LogP contribution < -0.4 is 15.3 Å². The van der Waals surface area contributed by atoms with E-state index >= 15 is 0 Å². The number of halogens is 3. The molecule has 3 rings (SSSR count). The third-order valence-corrected chi connectivity index (χ3v) is 6.53. The molecule has 1 heterocycles. The van der Waals surface area contributed by atoms with E-state index < -0.39 is 11.7 Å².